The first-order valence-corrected chi connectivity index (χ1v) is 8.31. The minimum Gasteiger partial charge on any atom is -0.497 e. The van der Waals surface area contributed by atoms with Crippen LogP contribution in [0.15, 0.2) is 59.4 Å². The minimum absolute atomic E-state index is 0.0693. The summed E-state index contributed by atoms with van der Waals surface area (Å²) in [5.74, 6) is 0.551. The molecule has 1 aromatic heterocycles. The van der Waals surface area contributed by atoms with E-state index in [1.807, 2.05) is 54.6 Å². The van der Waals surface area contributed by atoms with Crippen LogP contribution in [0.5, 0.6) is 5.75 Å². The molecule has 0 radical (unpaired) electrons. The Morgan fingerprint density at radius 3 is 2.44 bits per heavy atom. The van der Waals surface area contributed by atoms with Gasteiger partial charge < -0.3 is 4.74 Å². The number of H-pyrrole nitrogens is 1. The maximum absolute atomic E-state index is 12.2. The molecule has 0 saturated heterocycles. The summed E-state index contributed by atoms with van der Waals surface area (Å²) in [6.07, 6.45) is 0.550. The van der Waals surface area contributed by atoms with Gasteiger partial charge >= 0.3 is 0 Å². The summed E-state index contributed by atoms with van der Waals surface area (Å²) in [6, 6.07) is 16.7. The van der Waals surface area contributed by atoms with Gasteiger partial charge in [-0.05, 0) is 23.3 Å². The molecule has 3 aromatic rings. The van der Waals surface area contributed by atoms with Gasteiger partial charge in [0, 0.05) is 6.42 Å². The van der Waals surface area contributed by atoms with Crippen LogP contribution >= 0.6 is 0 Å². The standard InChI is InChI=1S/C19H19N5O3/c1-27-15-9-7-14(8-10-15)11-16-18(26)20-19(23-21-16)24-22-17(25)12-13-5-3-2-4-6-13/h2-10H,11-12H2,1H3,(H,22,25)(H2,20,23,24,26). The van der Waals surface area contributed by atoms with Gasteiger partial charge in [0.05, 0.1) is 13.5 Å². The largest absolute Gasteiger partial charge is 0.497 e. The highest BCUT2D eigenvalue weighted by atomic mass is 16.5. The number of nitrogens with zero attached hydrogens (tertiary/aromatic N) is 2. The first kappa shape index (κ1) is 18.1. The van der Waals surface area contributed by atoms with Crippen LogP contribution in [0.4, 0.5) is 5.95 Å². The number of carbonyl (C=O) groups is 1. The van der Waals surface area contributed by atoms with Crippen LogP contribution in [0.2, 0.25) is 0 Å². The smallest absolute Gasteiger partial charge is 0.274 e. The summed E-state index contributed by atoms with van der Waals surface area (Å²) in [4.78, 5) is 26.6. The van der Waals surface area contributed by atoms with Crippen molar-refractivity contribution in [3.05, 3.63) is 81.8 Å². The first-order chi connectivity index (χ1) is 13.1. The lowest BCUT2D eigenvalue weighted by Crippen LogP contribution is -2.33. The van der Waals surface area contributed by atoms with Crippen molar-refractivity contribution in [2.75, 3.05) is 12.5 Å². The molecule has 0 aliphatic rings. The van der Waals surface area contributed by atoms with Gasteiger partial charge in [0.25, 0.3) is 5.56 Å². The first-order valence-electron chi connectivity index (χ1n) is 8.31. The fourth-order valence-electron chi connectivity index (χ4n) is 2.42. The Labute approximate surface area is 155 Å². The van der Waals surface area contributed by atoms with Crippen LogP contribution in [-0.2, 0) is 17.6 Å². The maximum atomic E-state index is 12.2. The second kappa shape index (κ2) is 8.61. The lowest BCUT2D eigenvalue weighted by molar-refractivity contribution is -0.119. The number of carbonyl (C=O) groups excluding carboxylic acids is 1. The third-order valence-electron chi connectivity index (χ3n) is 3.82. The molecule has 138 valence electrons. The number of nitrogens with one attached hydrogen (secondary N) is 3. The van der Waals surface area contributed by atoms with Gasteiger partial charge in [0.2, 0.25) is 11.9 Å². The zero-order chi connectivity index (χ0) is 19.1. The molecule has 27 heavy (non-hydrogen) atoms. The summed E-state index contributed by atoms with van der Waals surface area (Å²) in [6.45, 7) is 0. The number of methoxy groups -OCH3 is 1. The Balaban J connectivity index is 1.57. The van der Waals surface area contributed by atoms with E-state index in [0.717, 1.165) is 16.9 Å². The average Bonchev–Trinajstić information content (AvgIpc) is 2.69. The number of anilines is 1. The van der Waals surface area contributed by atoms with Crippen LogP contribution in [0.3, 0.4) is 0 Å². The Hall–Kier alpha value is -3.68. The monoisotopic (exact) mass is 365 g/mol. The zero-order valence-corrected chi connectivity index (χ0v) is 14.7. The molecule has 0 spiro atoms. The summed E-state index contributed by atoms with van der Waals surface area (Å²) in [5.41, 5.74) is 6.74. The summed E-state index contributed by atoms with van der Waals surface area (Å²) < 4.78 is 5.10. The quantitative estimate of drug-likeness (QED) is 0.547. The number of aromatic nitrogens is 3. The van der Waals surface area contributed by atoms with Gasteiger partial charge in [-0.25, -0.2) is 0 Å². The van der Waals surface area contributed by atoms with Crippen molar-refractivity contribution in [3.8, 4) is 5.75 Å². The molecule has 0 aliphatic carbocycles. The summed E-state index contributed by atoms with van der Waals surface area (Å²) >= 11 is 0. The number of hydrogen-bond donors (Lipinski definition) is 3. The summed E-state index contributed by atoms with van der Waals surface area (Å²) in [7, 11) is 1.59. The van der Waals surface area contributed by atoms with E-state index >= 15 is 0 Å². The van der Waals surface area contributed by atoms with Crippen molar-refractivity contribution >= 4 is 11.9 Å². The van der Waals surface area contributed by atoms with E-state index in [9.17, 15) is 9.59 Å². The van der Waals surface area contributed by atoms with Gasteiger partial charge in [-0.3, -0.25) is 25.4 Å². The van der Waals surface area contributed by atoms with Crippen molar-refractivity contribution < 1.29 is 9.53 Å². The van der Waals surface area contributed by atoms with Crippen LogP contribution in [0, 0.1) is 0 Å². The van der Waals surface area contributed by atoms with E-state index in [2.05, 4.69) is 26.0 Å². The number of benzene rings is 2. The minimum atomic E-state index is -0.374. The molecule has 3 N–H and O–H groups in total. The molecule has 8 heteroatoms. The van der Waals surface area contributed by atoms with Gasteiger partial charge in [0.15, 0.2) is 0 Å². The van der Waals surface area contributed by atoms with E-state index in [0.29, 0.717) is 6.42 Å². The van der Waals surface area contributed by atoms with Crippen LogP contribution in [-0.4, -0.2) is 28.2 Å². The SMILES string of the molecule is COc1ccc(Cc2nnc(NNC(=O)Cc3ccccc3)[nH]c2=O)cc1. The van der Waals surface area contributed by atoms with E-state index in [-0.39, 0.29) is 29.5 Å². The predicted octanol–water partition coefficient (Wildman–Crippen LogP) is 1.45. The van der Waals surface area contributed by atoms with Crippen molar-refractivity contribution in [2.45, 2.75) is 12.8 Å². The zero-order valence-electron chi connectivity index (χ0n) is 14.7. The predicted molar refractivity (Wildman–Crippen MR) is 100 cm³/mol. The molecule has 0 bridgehead atoms. The van der Waals surface area contributed by atoms with Gasteiger partial charge in [-0.2, -0.15) is 0 Å². The number of aromatic amines is 1. The molecule has 1 heterocycles. The molecule has 0 fully saturated rings. The van der Waals surface area contributed by atoms with Crippen LogP contribution < -0.4 is 21.1 Å². The highest BCUT2D eigenvalue weighted by Crippen LogP contribution is 2.12. The van der Waals surface area contributed by atoms with E-state index in [1.54, 1.807) is 7.11 Å². The lowest BCUT2D eigenvalue weighted by Gasteiger charge is -2.07. The molecular formula is C19H19N5O3. The highest BCUT2D eigenvalue weighted by molar-refractivity contribution is 5.79. The second-order valence-electron chi connectivity index (χ2n) is 5.81. The summed E-state index contributed by atoms with van der Waals surface area (Å²) in [5, 5.41) is 7.83. The topological polar surface area (TPSA) is 109 Å². The van der Waals surface area contributed by atoms with Gasteiger partial charge in [0.1, 0.15) is 11.4 Å². The number of ether oxygens (including phenoxy) is 1. The third kappa shape index (κ3) is 5.15. The van der Waals surface area contributed by atoms with Gasteiger partial charge in [-0.15, -0.1) is 10.2 Å². The number of amides is 1. The lowest BCUT2D eigenvalue weighted by atomic mass is 10.1. The Morgan fingerprint density at radius 1 is 1.04 bits per heavy atom. The van der Waals surface area contributed by atoms with Crippen molar-refractivity contribution in [2.24, 2.45) is 0 Å². The molecule has 2 aromatic carbocycles. The second-order valence-corrected chi connectivity index (χ2v) is 5.81. The Morgan fingerprint density at radius 2 is 1.78 bits per heavy atom. The van der Waals surface area contributed by atoms with Crippen molar-refractivity contribution in [3.63, 3.8) is 0 Å². The molecule has 1 amide bonds. The molecule has 3 rings (SSSR count). The number of hydrazine groups is 1. The molecule has 0 aliphatic heterocycles. The molecule has 0 atom stereocenters. The number of rotatable bonds is 7. The molecular weight excluding hydrogens is 346 g/mol. The van der Waals surface area contributed by atoms with Crippen LogP contribution in [0.1, 0.15) is 16.8 Å². The third-order valence-corrected chi connectivity index (χ3v) is 3.82. The average molecular weight is 365 g/mol. The molecule has 0 saturated carbocycles. The Bertz CT molecular complexity index is 955. The Kier molecular flexibility index (Phi) is 5.78. The van der Waals surface area contributed by atoms with E-state index in [1.165, 1.54) is 0 Å². The van der Waals surface area contributed by atoms with E-state index < -0.39 is 0 Å². The molecule has 0 unspecified atom stereocenters. The fourth-order valence-corrected chi connectivity index (χ4v) is 2.42. The van der Waals surface area contributed by atoms with Crippen molar-refractivity contribution in [1.82, 2.24) is 20.6 Å². The highest BCUT2D eigenvalue weighted by Gasteiger charge is 2.08. The maximum Gasteiger partial charge on any atom is 0.274 e. The normalized spacial score (nSPS) is 10.3. The van der Waals surface area contributed by atoms with Gasteiger partial charge in [-0.1, -0.05) is 42.5 Å². The van der Waals surface area contributed by atoms with Crippen molar-refractivity contribution in [1.29, 1.82) is 0 Å². The van der Waals surface area contributed by atoms with E-state index in [4.69, 9.17) is 4.74 Å². The number of hydrogen-bond acceptors (Lipinski definition) is 6. The van der Waals surface area contributed by atoms with Crippen LogP contribution in [0.25, 0.3) is 0 Å². The fraction of sp³-hybridized carbons (Fsp3) is 0.158. The molecule has 8 nitrogen and oxygen atoms in total.